The predicted molar refractivity (Wildman–Crippen MR) is 60.1 cm³/mol. The lowest BCUT2D eigenvalue weighted by atomic mass is 10.1. The number of benzene rings is 1. The van der Waals surface area contributed by atoms with Gasteiger partial charge in [0.2, 0.25) is 0 Å². The van der Waals surface area contributed by atoms with Gasteiger partial charge in [0.15, 0.2) is 0 Å². The van der Waals surface area contributed by atoms with Crippen molar-refractivity contribution in [1.29, 1.82) is 0 Å². The number of nitrogens with one attached hydrogen (secondary N) is 1. The smallest absolute Gasteiger partial charge is 0.0262 e. The van der Waals surface area contributed by atoms with Gasteiger partial charge in [0.05, 0.1) is 0 Å². The van der Waals surface area contributed by atoms with E-state index in [0.29, 0.717) is 0 Å². The van der Waals surface area contributed by atoms with Crippen LogP contribution in [0, 0.1) is 0 Å². The summed E-state index contributed by atoms with van der Waals surface area (Å²) in [5, 5.41) is 0. The molecule has 0 radical (unpaired) electrons. The molecule has 1 rings (SSSR count). The van der Waals surface area contributed by atoms with E-state index in [1.807, 2.05) is 7.05 Å². The van der Waals surface area contributed by atoms with E-state index in [0.717, 1.165) is 12.8 Å². The van der Waals surface area contributed by atoms with E-state index in [-0.39, 0.29) is 0 Å². The first kappa shape index (κ1) is 10.6. The molecule has 0 fully saturated rings. The second kappa shape index (κ2) is 5.30. The van der Waals surface area contributed by atoms with Crippen LogP contribution in [0.25, 0.3) is 0 Å². The molecule has 13 heavy (non-hydrogen) atoms. The van der Waals surface area contributed by atoms with E-state index < -0.39 is 0 Å². The van der Waals surface area contributed by atoms with Crippen molar-refractivity contribution in [2.24, 2.45) is 0 Å². The van der Waals surface area contributed by atoms with Crippen LogP contribution in [0.1, 0.15) is 25.0 Å². The molecule has 0 saturated heterocycles. The van der Waals surface area contributed by atoms with E-state index in [1.54, 1.807) is 11.9 Å². The van der Waals surface area contributed by atoms with Gasteiger partial charge in [-0.2, -0.15) is 0 Å². The zero-order chi connectivity index (χ0) is 9.68. The van der Waals surface area contributed by atoms with Gasteiger partial charge in [-0.05, 0) is 49.0 Å². The minimum atomic E-state index is 1.11. The summed E-state index contributed by atoms with van der Waals surface area (Å²) in [6.07, 6.45) is 2.22. The molecule has 72 valence electrons. The number of aryl methyl sites for hydroxylation is 2. The number of rotatable bonds is 4. The van der Waals surface area contributed by atoms with Crippen LogP contribution >= 0.6 is 11.9 Å². The Bertz CT molecular complexity index is 271. The van der Waals surface area contributed by atoms with Crippen LogP contribution in [0.15, 0.2) is 23.1 Å². The zero-order valence-electron chi connectivity index (χ0n) is 8.55. The summed E-state index contributed by atoms with van der Waals surface area (Å²) in [5.41, 5.74) is 2.84. The summed E-state index contributed by atoms with van der Waals surface area (Å²) in [6, 6.07) is 6.73. The van der Waals surface area contributed by atoms with Gasteiger partial charge in [-0.25, -0.2) is 0 Å². The van der Waals surface area contributed by atoms with Gasteiger partial charge >= 0.3 is 0 Å². The molecule has 0 atom stereocenters. The monoisotopic (exact) mass is 195 g/mol. The van der Waals surface area contributed by atoms with Crippen LogP contribution in [-0.4, -0.2) is 7.05 Å². The summed E-state index contributed by atoms with van der Waals surface area (Å²) >= 11 is 1.71. The lowest BCUT2D eigenvalue weighted by molar-refractivity contribution is 1.04. The molecule has 0 aliphatic rings. The summed E-state index contributed by atoms with van der Waals surface area (Å²) in [6.45, 7) is 4.38. The summed E-state index contributed by atoms with van der Waals surface area (Å²) in [4.78, 5) is 1.37. The fourth-order valence-corrected chi connectivity index (χ4v) is 2.09. The minimum absolute atomic E-state index is 1.11. The fraction of sp³-hybridized carbons (Fsp3) is 0.455. The number of hydrogen-bond donors (Lipinski definition) is 1. The molecule has 0 aliphatic heterocycles. The van der Waals surface area contributed by atoms with Crippen molar-refractivity contribution in [2.75, 3.05) is 7.05 Å². The maximum absolute atomic E-state index is 3.13. The standard InChI is InChI=1S/C11H17NS/c1-4-9-6-7-10(5-2)11(8-9)13-12-3/h6-8,12H,4-5H2,1-3H3. The third kappa shape index (κ3) is 2.75. The Labute approximate surface area is 85.1 Å². The SMILES string of the molecule is CCc1ccc(CC)c(SNC)c1. The van der Waals surface area contributed by atoms with Gasteiger partial charge in [0, 0.05) is 4.90 Å². The second-order valence-corrected chi connectivity index (χ2v) is 4.01. The molecule has 1 aromatic carbocycles. The molecule has 0 unspecified atom stereocenters. The van der Waals surface area contributed by atoms with Crippen molar-refractivity contribution in [3.05, 3.63) is 29.3 Å². The second-order valence-electron chi connectivity index (χ2n) is 2.96. The lowest BCUT2D eigenvalue weighted by Crippen LogP contribution is -1.95. The molecule has 0 aliphatic carbocycles. The van der Waals surface area contributed by atoms with Gasteiger partial charge in [0.1, 0.15) is 0 Å². The van der Waals surface area contributed by atoms with Crippen LogP contribution in [0.5, 0.6) is 0 Å². The molecule has 1 N–H and O–H groups in total. The Hall–Kier alpha value is -0.470. The van der Waals surface area contributed by atoms with Crippen LogP contribution in [0.4, 0.5) is 0 Å². The number of hydrogen-bond acceptors (Lipinski definition) is 2. The van der Waals surface area contributed by atoms with Crippen LogP contribution < -0.4 is 4.72 Å². The molecular weight excluding hydrogens is 178 g/mol. The Morgan fingerprint density at radius 2 is 2.00 bits per heavy atom. The van der Waals surface area contributed by atoms with Crippen molar-refractivity contribution in [3.8, 4) is 0 Å². The highest BCUT2D eigenvalue weighted by atomic mass is 32.2. The average Bonchev–Trinajstić information content (AvgIpc) is 2.18. The predicted octanol–water partition coefficient (Wildman–Crippen LogP) is 3.04. The first-order valence-corrected chi connectivity index (χ1v) is 5.58. The quantitative estimate of drug-likeness (QED) is 0.741. The van der Waals surface area contributed by atoms with Gasteiger partial charge in [-0.3, -0.25) is 4.72 Å². The normalized spacial score (nSPS) is 10.4. The maximum atomic E-state index is 3.13. The van der Waals surface area contributed by atoms with Gasteiger partial charge in [-0.1, -0.05) is 26.0 Å². The highest BCUT2D eigenvalue weighted by Crippen LogP contribution is 2.22. The van der Waals surface area contributed by atoms with E-state index in [1.165, 1.54) is 16.0 Å². The lowest BCUT2D eigenvalue weighted by Gasteiger charge is -2.08. The van der Waals surface area contributed by atoms with Gasteiger partial charge in [0.25, 0.3) is 0 Å². The third-order valence-electron chi connectivity index (χ3n) is 2.13. The van der Waals surface area contributed by atoms with Crippen LogP contribution in [-0.2, 0) is 12.8 Å². The van der Waals surface area contributed by atoms with Crippen molar-refractivity contribution >= 4 is 11.9 Å². The summed E-state index contributed by atoms with van der Waals surface area (Å²) < 4.78 is 3.13. The summed E-state index contributed by atoms with van der Waals surface area (Å²) in [7, 11) is 1.96. The topological polar surface area (TPSA) is 12.0 Å². The van der Waals surface area contributed by atoms with E-state index >= 15 is 0 Å². The Kier molecular flexibility index (Phi) is 4.33. The average molecular weight is 195 g/mol. The molecule has 0 saturated carbocycles. The molecule has 0 bridgehead atoms. The minimum Gasteiger partial charge on any atom is -0.263 e. The first-order valence-electron chi connectivity index (χ1n) is 4.77. The van der Waals surface area contributed by atoms with Crippen molar-refractivity contribution in [1.82, 2.24) is 4.72 Å². The van der Waals surface area contributed by atoms with Crippen molar-refractivity contribution in [2.45, 2.75) is 31.6 Å². The molecule has 1 nitrogen and oxygen atoms in total. The van der Waals surface area contributed by atoms with E-state index in [4.69, 9.17) is 0 Å². The Morgan fingerprint density at radius 3 is 2.54 bits per heavy atom. The van der Waals surface area contributed by atoms with Crippen molar-refractivity contribution in [3.63, 3.8) is 0 Å². The molecule has 0 amide bonds. The Balaban J connectivity index is 2.95. The molecule has 0 aromatic heterocycles. The zero-order valence-corrected chi connectivity index (χ0v) is 9.37. The first-order chi connectivity index (χ1) is 6.31. The third-order valence-corrected chi connectivity index (χ3v) is 2.94. The van der Waals surface area contributed by atoms with Gasteiger partial charge in [-0.15, -0.1) is 0 Å². The van der Waals surface area contributed by atoms with E-state index in [2.05, 4.69) is 36.8 Å². The van der Waals surface area contributed by atoms with Gasteiger partial charge < -0.3 is 0 Å². The summed E-state index contributed by atoms with van der Waals surface area (Å²) in [5.74, 6) is 0. The van der Waals surface area contributed by atoms with Crippen molar-refractivity contribution < 1.29 is 0 Å². The van der Waals surface area contributed by atoms with Crippen LogP contribution in [0.2, 0.25) is 0 Å². The molecule has 1 aromatic rings. The maximum Gasteiger partial charge on any atom is 0.0262 e. The largest absolute Gasteiger partial charge is 0.263 e. The Morgan fingerprint density at radius 1 is 1.23 bits per heavy atom. The highest BCUT2D eigenvalue weighted by Gasteiger charge is 2.01. The molecular formula is C11H17NS. The van der Waals surface area contributed by atoms with Crippen LogP contribution in [0.3, 0.4) is 0 Å². The molecule has 0 spiro atoms. The highest BCUT2D eigenvalue weighted by molar-refractivity contribution is 7.97. The fourth-order valence-electron chi connectivity index (χ4n) is 1.32. The molecule has 0 heterocycles. The van der Waals surface area contributed by atoms with E-state index in [9.17, 15) is 0 Å². The molecule has 2 heteroatoms.